The first-order valence-corrected chi connectivity index (χ1v) is 49.6. The van der Waals surface area contributed by atoms with Gasteiger partial charge in [0, 0.05) is 26.2 Å². The molecule has 0 aliphatic carbocycles. The van der Waals surface area contributed by atoms with Crippen molar-refractivity contribution in [2.24, 2.45) is 0 Å². The fourth-order valence-corrected chi connectivity index (χ4v) is 18.3. The molecule has 4 amide bonds. The second kappa shape index (κ2) is 64.2. The average Bonchev–Trinajstić information content (AvgIpc) is 0.749. The smallest absolute Gasteiger partial charge is 0.364 e. The summed E-state index contributed by atoms with van der Waals surface area (Å²) in [5.41, 5.74) is 0. The minimum atomic E-state index is -3.57. The molecule has 0 bridgehead atoms. The lowest BCUT2D eigenvalue weighted by Crippen LogP contribution is -2.72. The monoisotopic (exact) mass is 1980 g/mol. The Balaban J connectivity index is 1.25. The summed E-state index contributed by atoms with van der Waals surface area (Å²) in [5.74, 6) is -15.5. The van der Waals surface area contributed by atoms with Crippen molar-refractivity contribution in [1.29, 1.82) is 0 Å². The Morgan fingerprint density at radius 2 is 0.745 bits per heavy atom. The Hall–Kier alpha value is -4.76. The van der Waals surface area contributed by atoms with Crippen LogP contribution in [0, 0.1) is 0 Å². The van der Waals surface area contributed by atoms with Gasteiger partial charge in [-0.1, -0.05) is 231 Å². The van der Waals surface area contributed by atoms with E-state index in [1.807, 2.05) is 0 Å². The standard InChI is InChI=1S/C92H164N4O41/c1-4-6-8-10-12-14-16-18-19-20-21-22-23-24-25-26-27-29-31-33-35-37-39-41-64(111)94-54(55(106)40-38-36-34-32-30-28-17-15-13-11-9-7-5-2)52-126-86-75(119)74(118)78(62(48-101)129-86)131-88-77(121)84(137-92(90(124)125)43-57(108)68(96-66(113)51-104)82(135-92)71(115)59(110)45-98)79(63(49-102)130-88)132-85-69(93-53(3)105)80(72(116)60(46-99)127-85)133-87-76(120)83(73(117)61(47-100)128-87)136-91(89(122)123)42-56(107)67(95-65(112)50-103)81(134-91)70(114)58(109)44-97/h38,40,54-63,67-88,97-104,106-110,114-121H,4-37,39,41-52H2,1-3H3,(H,93,105)(H,94,111)(H,95,112)(H,96,113)(H,122,123)(H,124,125)/b40-38+/t54-,55+,56?,57?,58+,59+,60?,61?,62?,63?,67+,68+,69?,70+,71+,72-,73-,74+,75?,76?,77?,78+,79-,80+,81?,82?,83-,84+,85-,86+,87-,88-,91-,92-/m0/s1. The third-order valence-corrected chi connectivity index (χ3v) is 26.3. The van der Waals surface area contributed by atoms with Crippen LogP contribution in [0.3, 0.4) is 0 Å². The number of aliphatic carboxylic acids is 2. The van der Waals surface area contributed by atoms with Crippen LogP contribution >= 0.6 is 0 Å². The summed E-state index contributed by atoms with van der Waals surface area (Å²) in [4.78, 5) is 80.1. The van der Waals surface area contributed by atoms with Gasteiger partial charge in [-0.05, 0) is 19.3 Å². The average molecular weight is 1980 g/mol. The summed E-state index contributed by atoms with van der Waals surface area (Å²) in [5, 5.41) is 267. The Labute approximate surface area is 800 Å². The van der Waals surface area contributed by atoms with Gasteiger partial charge >= 0.3 is 11.9 Å². The van der Waals surface area contributed by atoms with Crippen LogP contribution in [0.4, 0.5) is 0 Å². The predicted octanol–water partition coefficient (Wildman–Crippen LogP) is -2.80. The van der Waals surface area contributed by atoms with Gasteiger partial charge in [0.25, 0.3) is 11.6 Å². The van der Waals surface area contributed by atoms with Crippen LogP contribution in [0.25, 0.3) is 0 Å². The third kappa shape index (κ3) is 37.4. The summed E-state index contributed by atoms with van der Waals surface area (Å²) in [6.45, 7) is -5.51. The van der Waals surface area contributed by atoms with E-state index in [-0.39, 0.29) is 6.42 Å². The van der Waals surface area contributed by atoms with Crippen LogP contribution in [0.1, 0.15) is 265 Å². The van der Waals surface area contributed by atoms with Gasteiger partial charge in [0.05, 0.1) is 82.7 Å². The molecule has 34 atom stereocenters. The molecule has 6 aliphatic rings. The zero-order valence-corrected chi connectivity index (χ0v) is 79.5. The molecule has 0 aromatic heterocycles. The number of carboxylic acids is 2. The number of carbonyl (C=O) groups is 6. The first-order chi connectivity index (χ1) is 65.6. The Morgan fingerprint density at radius 3 is 1.15 bits per heavy atom. The first-order valence-electron chi connectivity index (χ1n) is 49.6. The number of aliphatic hydroxyl groups excluding tert-OH is 21. The topological polar surface area (TPSA) is 727 Å². The van der Waals surface area contributed by atoms with Crippen molar-refractivity contribution in [2.75, 3.05) is 59.5 Å². The van der Waals surface area contributed by atoms with Crippen LogP contribution < -0.4 is 21.3 Å². The summed E-state index contributed by atoms with van der Waals surface area (Å²) in [7, 11) is 0. The van der Waals surface area contributed by atoms with Crippen LogP contribution in [0.15, 0.2) is 12.2 Å². The maximum atomic E-state index is 14.1. The molecule has 0 radical (unpaired) electrons. The van der Waals surface area contributed by atoms with Crippen molar-refractivity contribution in [3.8, 4) is 0 Å². The van der Waals surface area contributed by atoms with Crippen molar-refractivity contribution in [2.45, 2.75) is 472 Å². The van der Waals surface area contributed by atoms with E-state index in [0.29, 0.717) is 12.8 Å². The SMILES string of the molecule is CCCCCCCCCCCCC/C=C/[C@@H](O)[C@H](CO[C@@H]1OC(CO)[C@@H](O[C@@H]2OC(CO)[C@H](O[C@@H]3OC(CO)[C@H](O)[C@H](O[C@@H]4OC(CO)[C@H](O)[C@H](O[C@]5(C(=O)O)CC(O)[C@@H](NC(=O)CO)C([C@H](O)[C@H](O)CO)O5)C4O)C3NC(C)=O)[C@H](O[C@]3(C(=O)O)CC(O)[C@@H](NC(=O)CO)C([C@H](O)[C@H](O)CO)O3)C2O)[C@H](O)C1O)NC(=O)CCCCCCCCCCCCCCCCCCCCCCCCC. The van der Waals surface area contributed by atoms with Gasteiger partial charge < -0.3 is 196 Å². The summed E-state index contributed by atoms with van der Waals surface area (Å²) < 4.78 is 72.3. The molecule has 798 valence electrons. The van der Waals surface area contributed by atoms with E-state index in [4.69, 9.17) is 56.8 Å². The number of rotatable bonds is 69. The molecular weight excluding hydrogens is 1820 g/mol. The molecule has 6 rings (SSSR count). The summed E-state index contributed by atoms with van der Waals surface area (Å²) in [6.07, 6.45) is -23.1. The fraction of sp³-hybridized carbons (Fsp3) is 0.913. The maximum absolute atomic E-state index is 14.1. The molecule has 0 saturated carbocycles. The van der Waals surface area contributed by atoms with E-state index < -0.39 is 315 Å². The van der Waals surface area contributed by atoms with E-state index in [1.54, 1.807) is 6.08 Å². The van der Waals surface area contributed by atoms with Gasteiger partial charge in [0.15, 0.2) is 25.2 Å². The van der Waals surface area contributed by atoms with Gasteiger partial charge in [-0.2, -0.15) is 0 Å². The number of carboxylic acid groups (broad SMARTS) is 2. The minimum Gasteiger partial charge on any atom is -0.477 e. The van der Waals surface area contributed by atoms with Gasteiger partial charge in [-0.3, -0.25) is 19.2 Å². The number of unbranched alkanes of at least 4 members (excludes halogenated alkanes) is 33. The number of nitrogens with one attached hydrogen (secondary N) is 4. The molecule has 6 saturated heterocycles. The van der Waals surface area contributed by atoms with E-state index in [2.05, 4.69) is 35.1 Å². The fourth-order valence-electron chi connectivity index (χ4n) is 18.3. The zero-order chi connectivity index (χ0) is 101. The van der Waals surface area contributed by atoms with Gasteiger partial charge in [-0.25, -0.2) is 9.59 Å². The lowest BCUT2D eigenvalue weighted by atomic mass is 9.88. The van der Waals surface area contributed by atoms with E-state index in [1.165, 1.54) is 154 Å². The lowest BCUT2D eigenvalue weighted by Gasteiger charge is -2.53. The number of allylic oxidation sites excluding steroid dienone is 1. The number of aliphatic hydroxyl groups is 21. The largest absolute Gasteiger partial charge is 0.477 e. The predicted molar refractivity (Wildman–Crippen MR) is 480 cm³/mol. The highest BCUT2D eigenvalue weighted by molar-refractivity contribution is 5.79. The van der Waals surface area contributed by atoms with Crippen LogP contribution in [-0.2, 0) is 85.6 Å². The normalized spacial score (nSPS) is 33.4. The molecule has 45 heteroatoms. The molecule has 6 heterocycles. The number of carbonyl (C=O) groups excluding carboxylic acids is 4. The maximum Gasteiger partial charge on any atom is 0.364 e. The van der Waals surface area contributed by atoms with Crippen molar-refractivity contribution < 1.29 is 203 Å². The molecule has 27 N–H and O–H groups in total. The second-order valence-electron chi connectivity index (χ2n) is 37.1. The van der Waals surface area contributed by atoms with Crippen molar-refractivity contribution in [3.05, 3.63) is 12.2 Å². The highest BCUT2D eigenvalue weighted by atomic mass is 16.8. The van der Waals surface area contributed by atoms with Crippen molar-refractivity contribution in [3.63, 3.8) is 0 Å². The molecule has 45 nitrogen and oxygen atoms in total. The van der Waals surface area contributed by atoms with Crippen LogP contribution in [-0.4, -0.2) is 420 Å². The van der Waals surface area contributed by atoms with Crippen LogP contribution in [0.2, 0.25) is 0 Å². The molecule has 12 unspecified atom stereocenters. The molecule has 0 aromatic rings. The first kappa shape index (κ1) is 121. The number of amides is 4. The molecular formula is C92H164N4O41. The third-order valence-electron chi connectivity index (χ3n) is 26.3. The van der Waals surface area contributed by atoms with E-state index in [9.17, 15) is 146 Å². The summed E-state index contributed by atoms with van der Waals surface area (Å²) >= 11 is 0. The van der Waals surface area contributed by atoms with Crippen molar-refractivity contribution in [1.82, 2.24) is 21.3 Å². The highest BCUT2D eigenvalue weighted by Crippen LogP contribution is 2.43. The Bertz CT molecular complexity index is 3390. The van der Waals surface area contributed by atoms with E-state index >= 15 is 0 Å². The zero-order valence-electron chi connectivity index (χ0n) is 79.5. The quantitative estimate of drug-likeness (QED) is 0.0216. The lowest BCUT2D eigenvalue weighted by molar-refractivity contribution is -0.405. The van der Waals surface area contributed by atoms with Gasteiger partial charge in [-0.15, -0.1) is 0 Å². The summed E-state index contributed by atoms with van der Waals surface area (Å²) in [6, 6.07) is -7.33. The molecule has 137 heavy (non-hydrogen) atoms. The Morgan fingerprint density at radius 1 is 0.387 bits per heavy atom. The number of hydrogen-bond donors (Lipinski definition) is 27. The van der Waals surface area contributed by atoms with Gasteiger partial charge in [0.1, 0.15) is 147 Å². The molecule has 6 aliphatic heterocycles. The van der Waals surface area contributed by atoms with Crippen molar-refractivity contribution >= 4 is 35.6 Å². The Kier molecular flexibility index (Phi) is 56.7. The van der Waals surface area contributed by atoms with Gasteiger partial charge in [0.2, 0.25) is 23.6 Å². The van der Waals surface area contributed by atoms with E-state index in [0.717, 1.165) is 71.1 Å². The van der Waals surface area contributed by atoms with Crippen LogP contribution in [0.5, 0.6) is 0 Å². The molecule has 0 spiro atoms. The number of ether oxygens (including phenoxy) is 12. The molecule has 6 fully saturated rings. The second-order valence-corrected chi connectivity index (χ2v) is 37.1. The number of hydrogen-bond acceptors (Lipinski definition) is 39. The minimum absolute atomic E-state index is 0.0848. The highest BCUT2D eigenvalue weighted by Gasteiger charge is 2.64. The molecule has 0 aromatic carbocycles.